The van der Waals surface area contributed by atoms with Gasteiger partial charge in [0.25, 0.3) is 11.8 Å². The minimum absolute atomic E-state index is 0.00446. The zero-order valence-corrected chi connectivity index (χ0v) is 21.5. The van der Waals surface area contributed by atoms with E-state index in [1.807, 2.05) is 29.2 Å². The van der Waals surface area contributed by atoms with Gasteiger partial charge in [-0.3, -0.25) is 9.59 Å². The van der Waals surface area contributed by atoms with Gasteiger partial charge in [0.05, 0.1) is 24.3 Å². The van der Waals surface area contributed by atoms with E-state index in [2.05, 4.69) is 0 Å². The summed E-state index contributed by atoms with van der Waals surface area (Å²) >= 11 is 0. The minimum atomic E-state index is -0.664. The summed E-state index contributed by atoms with van der Waals surface area (Å²) < 4.78 is 11.5. The van der Waals surface area contributed by atoms with E-state index in [1.54, 1.807) is 30.2 Å². The molecule has 2 fully saturated rings. The number of aliphatic hydroxyl groups is 1. The van der Waals surface area contributed by atoms with Crippen LogP contribution in [0.15, 0.2) is 42.5 Å². The molecule has 5 rings (SSSR count). The maximum Gasteiger partial charge on any atom is 0.257 e. The SMILES string of the molecule is COC1CC2CCC(C1)N2C(=O)c1ccc2c(c1)OCCN(CC(O)CCc1ccccc1CN)C2=O. The highest BCUT2D eigenvalue weighted by Crippen LogP contribution is 2.38. The smallest absolute Gasteiger partial charge is 0.257 e. The van der Waals surface area contributed by atoms with Gasteiger partial charge in [0.15, 0.2) is 0 Å². The third-order valence-corrected chi connectivity index (χ3v) is 8.14. The number of nitrogens with zero attached hydrogens (tertiary/aromatic N) is 2. The summed E-state index contributed by atoms with van der Waals surface area (Å²) in [6.45, 7) is 1.37. The van der Waals surface area contributed by atoms with Gasteiger partial charge < -0.3 is 30.1 Å². The van der Waals surface area contributed by atoms with Crippen molar-refractivity contribution < 1.29 is 24.2 Å². The Morgan fingerprint density at radius 3 is 2.59 bits per heavy atom. The summed E-state index contributed by atoms with van der Waals surface area (Å²) in [4.78, 5) is 30.4. The number of hydrogen-bond acceptors (Lipinski definition) is 6. The Balaban J connectivity index is 1.24. The van der Waals surface area contributed by atoms with Crippen molar-refractivity contribution in [3.05, 3.63) is 64.7 Å². The Morgan fingerprint density at radius 2 is 1.89 bits per heavy atom. The highest BCUT2D eigenvalue weighted by Gasteiger charge is 2.43. The van der Waals surface area contributed by atoms with E-state index in [0.29, 0.717) is 49.4 Å². The van der Waals surface area contributed by atoms with Crippen LogP contribution in [0, 0.1) is 0 Å². The number of ether oxygens (including phenoxy) is 2. The maximum atomic E-state index is 13.4. The Labute approximate surface area is 218 Å². The number of aliphatic hydroxyl groups excluding tert-OH is 1. The average molecular weight is 508 g/mol. The number of hydrogen-bond donors (Lipinski definition) is 2. The van der Waals surface area contributed by atoms with E-state index in [0.717, 1.165) is 36.8 Å². The van der Waals surface area contributed by atoms with Crippen LogP contribution in [0.5, 0.6) is 5.75 Å². The molecular weight excluding hydrogens is 470 g/mol. The first-order valence-electron chi connectivity index (χ1n) is 13.3. The van der Waals surface area contributed by atoms with Crippen LogP contribution < -0.4 is 10.5 Å². The molecule has 3 heterocycles. The summed E-state index contributed by atoms with van der Waals surface area (Å²) in [6.07, 6.45) is 4.52. The number of fused-ring (bicyclic) bond motifs is 3. The second kappa shape index (κ2) is 11.2. The van der Waals surface area contributed by atoms with Crippen molar-refractivity contribution >= 4 is 11.8 Å². The average Bonchev–Trinajstić information content (AvgIpc) is 3.09. The lowest BCUT2D eigenvalue weighted by molar-refractivity contribution is 0.00819. The van der Waals surface area contributed by atoms with Crippen LogP contribution in [0.25, 0.3) is 0 Å². The summed E-state index contributed by atoms with van der Waals surface area (Å²) in [5.74, 6) is 0.243. The Hall–Kier alpha value is -2.94. The van der Waals surface area contributed by atoms with Gasteiger partial charge in [-0.05, 0) is 67.9 Å². The molecule has 0 aromatic heterocycles. The van der Waals surface area contributed by atoms with E-state index < -0.39 is 6.10 Å². The van der Waals surface area contributed by atoms with Crippen LogP contribution in [-0.2, 0) is 17.7 Å². The molecule has 37 heavy (non-hydrogen) atoms. The van der Waals surface area contributed by atoms with Crippen LogP contribution >= 0.6 is 0 Å². The van der Waals surface area contributed by atoms with Crippen molar-refractivity contribution in [2.24, 2.45) is 5.73 Å². The molecule has 2 aromatic rings. The normalized spacial score (nSPS) is 23.9. The van der Waals surface area contributed by atoms with Gasteiger partial charge in [-0.2, -0.15) is 0 Å². The highest BCUT2D eigenvalue weighted by atomic mass is 16.5. The zero-order valence-electron chi connectivity index (χ0n) is 21.5. The van der Waals surface area contributed by atoms with Gasteiger partial charge in [-0.15, -0.1) is 0 Å². The molecule has 0 radical (unpaired) electrons. The van der Waals surface area contributed by atoms with Crippen LogP contribution in [-0.4, -0.2) is 77.8 Å². The van der Waals surface area contributed by atoms with Gasteiger partial charge >= 0.3 is 0 Å². The quantitative estimate of drug-likeness (QED) is 0.569. The molecule has 3 unspecified atom stereocenters. The number of β-amino-alcohol motifs (C(OH)–C–C–N with tert-alkyl or cyclic N) is 1. The molecule has 8 nitrogen and oxygen atoms in total. The minimum Gasteiger partial charge on any atom is -0.491 e. The molecule has 0 spiro atoms. The van der Waals surface area contributed by atoms with Crippen molar-refractivity contribution in [2.75, 3.05) is 26.8 Å². The topological polar surface area (TPSA) is 105 Å². The van der Waals surface area contributed by atoms with Crippen molar-refractivity contribution in [1.29, 1.82) is 0 Å². The fourth-order valence-electron chi connectivity index (χ4n) is 6.13. The Morgan fingerprint density at radius 1 is 1.16 bits per heavy atom. The van der Waals surface area contributed by atoms with Gasteiger partial charge in [-0.1, -0.05) is 24.3 Å². The highest BCUT2D eigenvalue weighted by molar-refractivity contribution is 6.00. The number of methoxy groups -OCH3 is 1. The van der Waals surface area contributed by atoms with E-state index in [4.69, 9.17) is 15.2 Å². The van der Waals surface area contributed by atoms with Crippen LogP contribution in [0.3, 0.4) is 0 Å². The predicted octanol–water partition coefficient (Wildman–Crippen LogP) is 2.76. The maximum absolute atomic E-state index is 13.4. The Bertz CT molecular complexity index is 1120. The molecule has 2 saturated heterocycles. The molecule has 3 atom stereocenters. The number of aryl methyl sites for hydroxylation is 1. The molecule has 198 valence electrons. The second-order valence-electron chi connectivity index (χ2n) is 10.4. The zero-order chi connectivity index (χ0) is 25.9. The molecule has 2 aromatic carbocycles. The monoisotopic (exact) mass is 507 g/mol. The van der Waals surface area contributed by atoms with Crippen molar-refractivity contribution in [3.8, 4) is 5.75 Å². The fourth-order valence-corrected chi connectivity index (χ4v) is 6.13. The lowest BCUT2D eigenvalue weighted by atomic mass is 9.98. The number of carbonyl (C=O) groups excluding carboxylic acids is 2. The van der Waals surface area contributed by atoms with E-state index in [-0.39, 0.29) is 36.5 Å². The predicted molar refractivity (Wildman–Crippen MR) is 140 cm³/mol. The standard InChI is InChI=1S/C29H37N3O5/c1-36-25-15-22-8-9-23(16-25)32(22)28(34)20-7-11-26-27(14-20)37-13-12-31(29(26)35)18-24(33)10-6-19-4-2-3-5-21(19)17-30/h2-5,7,11,14,22-25,33H,6,8-10,12-13,15-18,30H2,1H3. The summed E-state index contributed by atoms with van der Waals surface area (Å²) in [7, 11) is 1.74. The molecule has 2 bridgehead atoms. The molecule has 8 heteroatoms. The van der Waals surface area contributed by atoms with Crippen molar-refractivity contribution in [2.45, 2.75) is 69.4 Å². The van der Waals surface area contributed by atoms with Crippen LogP contribution in [0.4, 0.5) is 0 Å². The van der Waals surface area contributed by atoms with Crippen LogP contribution in [0.1, 0.15) is 63.9 Å². The first-order chi connectivity index (χ1) is 18.0. The molecule has 3 aliphatic heterocycles. The van der Waals surface area contributed by atoms with Gasteiger partial charge in [0, 0.05) is 37.8 Å². The van der Waals surface area contributed by atoms with E-state index in [1.165, 1.54) is 0 Å². The third-order valence-electron chi connectivity index (χ3n) is 8.14. The van der Waals surface area contributed by atoms with Gasteiger partial charge in [0.1, 0.15) is 12.4 Å². The van der Waals surface area contributed by atoms with Gasteiger partial charge in [-0.25, -0.2) is 0 Å². The lowest BCUT2D eigenvalue weighted by Gasteiger charge is -2.38. The van der Waals surface area contributed by atoms with E-state index in [9.17, 15) is 14.7 Å². The number of rotatable bonds is 8. The lowest BCUT2D eigenvalue weighted by Crippen LogP contribution is -2.48. The molecule has 2 amide bonds. The first kappa shape index (κ1) is 25.7. The first-order valence-corrected chi connectivity index (χ1v) is 13.3. The van der Waals surface area contributed by atoms with E-state index >= 15 is 0 Å². The number of piperidine rings is 1. The van der Waals surface area contributed by atoms with Crippen molar-refractivity contribution in [3.63, 3.8) is 0 Å². The molecule has 3 aliphatic rings. The second-order valence-corrected chi connectivity index (χ2v) is 10.4. The molecule has 0 aliphatic carbocycles. The number of carbonyl (C=O) groups is 2. The summed E-state index contributed by atoms with van der Waals surface area (Å²) in [5.41, 5.74) is 9.00. The summed E-state index contributed by atoms with van der Waals surface area (Å²) in [6, 6.07) is 13.5. The molecule has 3 N–H and O–H groups in total. The molecular formula is C29H37N3O5. The van der Waals surface area contributed by atoms with Crippen molar-refractivity contribution in [1.82, 2.24) is 9.80 Å². The number of amides is 2. The molecule has 0 saturated carbocycles. The Kier molecular flexibility index (Phi) is 7.79. The summed E-state index contributed by atoms with van der Waals surface area (Å²) in [5, 5.41) is 10.7. The number of benzene rings is 2. The van der Waals surface area contributed by atoms with Gasteiger partial charge in [0.2, 0.25) is 0 Å². The number of nitrogens with two attached hydrogens (primary N) is 1. The largest absolute Gasteiger partial charge is 0.491 e. The third kappa shape index (κ3) is 5.37. The van der Waals surface area contributed by atoms with Crippen LogP contribution in [0.2, 0.25) is 0 Å². The fraction of sp³-hybridized carbons (Fsp3) is 0.517.